The molecule has 0 aliphatic rings. The summed E-state index contributed by atoms with van der Waals surface area (Å²) < 4.78 is 6.92. The highest BCUT2D eigenvalue weighted by atomic mass is 16.5. The topological polar surface area (TPSA) is 96.2 Å². The van der Waals surface area contributed by atoms with Gasteiger partial charge in [0, 0.05) is 36.7 Å². The van der Waals surface area contributed by atoms with E-state index >= 15 is 0 Å². The summed E-state index contributed by atoms with van der Waals surface area (Å²) in [6.07, 6.45) is 2.32. The fourth-order valence-electron chi connectivity index (χ4n) is 1.77. The predicted molar refractivity (Wildman–Crippen MR) is 72.5 cm³/mol. The van der Waals surface area contributed by atoms with Gasteiger partial charge in [-0.1, -0.05) is 0 Å². The second-order valence-electron chi connectivity index (χ2n) is 4.22. The van der Waals surface area contributed by atoms with Gasteiger partial charge in [0.2, 0.25) is 0 Å². The van der Waals surface area contributed by atoms with E-state index in [1.165, 1.54) is 0 Å². The average Bonchev–Trinajstić information content (AvgIpc) is 2.74. The molecule has 100 valence electrons. The summed E-state index contributed by atoms with van der Waals surface area (Å²) in [5.41, 5.74) is 13.5. The van der Waals surface area contributed by atoms with E-state index in [2.05, 4.69) is 5.10 Å². The van der Waals surface area contributed by atoms with E-state index in [9.17, 15) is 4.79 Å². The van der Waals surface area contributed by atoms with Crippen LogP contribution in [0.5, 0.6) is 0 Å². The van der Waals surface area contributed by atoms with Crippen molar-refractivity contribution in [1.29, 1.82) is 0 Å². The molecular formula is C13H16N4O2. The van der Waals surface area contributed by atoms with E-state index < -0.39 is 5.97 Å². The van der Waals surface area contributed by atoms with Gasteiger partial charge in [0.25, 0.3) is 0 Å². The second kappa shape index (κ2) is 5.43. The minimum atomic E-state index is -0.429. The first-order chi connectivity index (χ1) is 9.06. The summed E-state index contributed by atoms with van der Waals surface area (Å²) in [6.45, 7) is 0.285. The van der Waals surface area contributed by atoms with Crippen molar-refractivity contribution >= 4 is 17.3 Å². The van der Waals surface area contributed by atoms with Crippen LogP contribution >= 0.6 is 0 Å². The standard InChI is InChI=1S/C13H16N4O2/c1-17-12(2-4-16-17)3-5-19-13(18)9-6-10(14)8-11(15)7-9/h2,4,6-8H,3,5,14-15H2,1H3. The van der Waals surface area contributed by atoms with Gasteiger partial charge < -0.3 is 16.2 Å². The Morgan fingerprint density at radius 1 is 1.32 bits per heavy atom. The average molecular weight is 260 g/mol. The maximum absolute atomic E-state index is 11.8. The molecule has 6 nitrogen and oxygen atoms in total. The van der Waals surface area contributed by atoms with E-state index in [4.69, 9.17) is 16.2 Å². The lowest BCUT2D eigenvalue weighted by molar-refractivity contribution is 0.0507. The monoisotopic (exact) mass is 260 g/mol. The molecule has 6 heteroatoms. The third-order valence-electron chi connectivity index (χ3n) is 2.73. The van der Waals surface area contributed by atoms with Crippen LogP contribution in [0.4, 0.5) is 11.4 Å². The summed E-state index contributed by atoms with van der Waals surface area (Å²) in [5, 5.41) is 4.04. The van der Waals surface area contributed by atoms with Crippen molar-refractivity contribution in [3.8, 4) is 0 Å². The summed E-state index contributed by atoms with van der Waals surface area (Å²) in [7, 11) is 1.84. The molecule has 0 saturated carbocycles. The number of nitrogens with two attached hydrogens (primary N) is 2. The molecule has 0 aliphatic carbocycles. The highest BCUT2D eigenvalue weighted by Crippen LogP contribution is 2.14. The van der Waals surface area contributed by atoms with Gasteiger partial charge in [-0.15, -0.1) is 0 Å². The van der Waals surface area contributed by atoms with Gasteiger partial charge in [-0.3, -0.25) is 4.68 Å². The Bertz CT molecular complexity index is 572. The molecule has 1 aromatic carbocycles. The first-order valence-corrected chi connectivity index (χ1v) is 5.86. The minimum Gasteiger partial charge on any atom is -0.462 e. The zero-order valence-corrected chi connectivity index (χ0v) is 10.7. The maximum atomic E-state index is 11.8. The van der Waals surface area contributed by atoms with E-state index in [-0.39, 0.29) is 6.61 Å². The Hall–Kier alpha value is -2.50. The zero-order chi connectivity index (χ0) is 13.8. The van der Waals surface area contributed by atoms with Crippen LogP contribution in [0, 0.1) is 0 Å². The number of aromatic nitrogens is 2. The van der Waals surface area contributed by atoms with Gasteiger partial charge in [0.05, 0.1) is 12.2 Å². The van der Waals surface area contributed by atoms with Gasteiger partial charge in [0.15, 0.2) is 0 Å². The Morgan fingerprint density at radius 2 is 2.00 bits per heavy atom. The molecular weight excluding hydrogens is 244 g/mol. The number of carbonyl (C=O) groups excluding carboxylic acids is 1. The van der Waals surface area contributed by atoms with Crippen molar-refractivity contribution in [3.05, 3.63) is 41.7 Å². The molecule has 4 N–H and O–H groups in total. The smallest absolute Gasteiger partial charge is 0.338 e. The summed E-state index contributed by atoms with van der Waals surface area (Å²) in [4.78, 5) is 11.8. The number of nitrogen functional groups attached to an aromatic ring is 2. The normalized spacial score (nSPS) is 10.4. The third-order valence-corrected chi connectivity index (χ3v) is 2.73. The Morgan fingerprint density at radius 3 is 2.58 bits per heavy atom. The number of ether oxygens (including phenoxy) is 1. The van der Waals surface area contributed by atoms with Crippen LogP contribution in [0.2, 0.25) is 0 Å². The number of hydrogen-bond acceptors (Lipinski definition) is 5. The van der Waals surface area contributed by atoms with Crippen molar-refractivity contribution in [2.24, 2.45) is 7.05 Å². The number of rotatable bonds is 4. The molecule has 1 heterocycles. The number of aryl methyl sites for hydroxylation is 1. The van der Waals surface area contributed by atoms with Crippen LogP contribution in [0.1, 0.15) is 16.1 Å². The lowest BCUT2D eigenvalue weighted by Gasteiger charge is -2.06. The second-order valence-corrected chi connectivity index (χ2v) is 4.22. The first kappa shape index (κ1) is 12.9. The number of benzene rings is 1. The number of esters is 1. The van der Waals surface area contributed by atoms with Crippen molar-refractivity contribution in [2.45, 2.75) is 6.42 Å². The number of hydrogen-bond donors (Lipinski definition) is 2. The molecule has 0 radical (unpaired) electrons. The molecule has 0 bridgehead atoms. The minimum absolute atomic E-state index is 0.285. The fraction of sp³-hybridized carbons (Fsp3) is 0.231. The van der Waals surface area contributed by atoms with Gasteiger partial charge in [-0.05, 0) is 24.3 Å². The largest absolute Gasteiger partial charge is 0.462 e. The molecule has 19 heavy (non-hydrogen) atoms. The summed E-state index contributed by atoms with van der Waals surface area (Å²) in [5.74, 6) is -0.429. The molecule has 0 atom stereocenters. The van der Waals surface area contributed by atoms with Gasteiger partial charge in [0.1, 0.15) is 0 Å². The lowest BCUT2D eigenvalue weighted by Crippen LogP contribution is -2.10. The van der Waals surface area contributed by atoms with Crippen LogP contribution in [-0.2, 0) is 18.2 Å². The maximum Gasteiger partial charge on any atom is 0.338 e. The molecule has 0 unspecified atom stereocenters. The Balaban J connectivity index is 1.92. The molecule has 2 aromatic rings. The summed E-state index contributed by atoms with van der Waals surface area (Å²) >= 11 is 0. The molecule has 0 fully saturated rings. The lowest BCUT2D eigenvalue weighted by atomic mass is 10.2. The number of carbonyl (C=O) groups is 1. The van der Waals surface area contributed by atoms with E-state index in [0.29, 0.717) is 23.4 Å². The molecule has 0 saturated heterocycles. The van der Waals surface area contributed by atoms with E-state index in [1.54, 1.807) is 29.1 Å². The number of anilines is 2. The molecule has 1 aromatic heterocycles. The van der Waals surface area contributed by atoms with Crippen molar-refractivity contribution in [2.75, 3.05) is 18.1 Å². The highest BCUT2D eigenvalue weighted by molar-refractivity contribution is 5.91. The number of nitrogens with zero attached hydrogens (tertiary/aromatic N) is 2. The van der Waals surface area contributed by atoms with Crippen molar-refractivity contribution in [3.63, 3.8) is 0 Å². The van der Waals surface area contributed by atoms with Crippen LogP contribution < -0.4 is 11.5 Å². The van der Waals surface area contributed by atoms with E-state index in [1.807, 2.05) is 13.1 Å². The fourth-order valence-corrected chi connectivity index (χ4v) is 1.77. The van der Waals surface area contributed by atoms with Crippen LogP contribution in [0.25, 0.3) is 0 Å². The quantitative estimate of drug-likeness (QED) is 0.631. The summed E-state index contributed by atoms with van der Waals surface area (Å²) in [6, 6.07) is 6.56. The zero-order valence-electron chi connectivity index (χ0n) is 10.7. The van der Waals surface area contributed by atoms with Crippen LogP contribution in [0.15, 0.2) is 30.5 Å². The Labute approximate surface area is 111 Å². The highest BCUT2D eigenvalue weighted by Gasteiger charge is 2.09. The van der Waals surface area contributed by atoms with Gasteiger partial charge >= 0.3 is 5.97 Å². The van der Waals surface area contributed by atoms with Crippen LogP contribution in [0.3, 0.4) is 0 Å². The molecule has 2 rings (SSSR count). The third kappa shape index (κ3) is 3.25. The van der Waals surface area contributed by atoms with Gasteiger partial charge in [-0.25, -0.2) is 4.79 Å². The van der Waals surface area contributed by atoms with Crippen molar-refractivity contribution in [1.82, 2.24) is 9.78 Å². The van der Waals surface area contributed by atoms with Gasteiger partial charge in [-0.2, -0.15) is 5.10 Å². The van der Waals surface area contributed by atoms with Crippen molar-refractivity contribution < 1.29 is 9.53 Å². The molecule has 0 spiro atoms. The Kier molecular flexibility index (Phi) is 3.70. The van der Waals surface area contributed by atoms with Crippen LogP contribution in [-0.4, -0.2) is 22.4 Å². The first-order valence-electron chi connectivity index (χ1n) is 5.86. The predicted octanol–water partition coefficient (Wildman–Crippen LogP) is 0.984. The molecule has 0 amide bonds. The van der Waals surface area contributed by atoms with E-state index in [0.717, 1.165) is 5.69 Å². The molecule has 0 aliphatic heterocycles. The SMILES string of the molecule is Cn1nccc1CCOC(=O)c1cc(N)cc(N)c1.